The first-order chi connectivity index (χ1) is 10.9. The van der Waals surface area contributed by atoms with Gasteiger partial charge in [0.1, 0.15) is 6.04 Å². The van der Waals surface area contributed by atoms with Gasteiger partial charge in [0.2, 0.25) is 0 Å². The van der Waals surface area contributed by atoms with Crippen molar-refractivity contribution in [1.29, 1.82) is 0 Å². The van der Waals surface area contributed by atoms with Crippen LogP contribution in [0.4, 0.5) is 0 Å². The highest BCUT2D eigenvalue weighted by Crippen LogP contribution is 2.08. The molecule has 2 aromatic rings. The molecule has 0 unspecified atom stereocenters. The van der Waals surface area contributed by atoms with Crippen molar-refractivity contribution >= 4 is 28.6 Å². The van der Waals surface area contributed by atoms with Crippen LogP contribution in [0.3, 0.4) is 0 Å². The van der Waals surface area contributed by atoms with E-state index < -0.39 is 12.1 Å². The number of carboxylic acid groups (broad SMARTS) is 1. The smallest absolute Gasteiger partial charge is 0.332 e. The molecule has 0 saturated heterocycles. The van der Waals surface area contributed by atoms with Gasteiger partial charge in [-0.2, -0.15) is 0 Å². The first kappa shape index (κ1) is 19.6. The highest BCUT2D eigenvalue weighted by Gasteiger charge is 2.10. The molecule has 0 amide bonds. The number of carbonyl (C=O) groups is 1. The molecular formula is C18H23INO3+. The molecule has 23 heavy (non-hydrogen) atoms. The molecule has 2 atom stereocenters. The van der Waals surface area contributed by atoms with Crippen LogP contribution in [0.2, 0.25) is 0 Å². The van der Waals surface area contributed by atoms with E-state index in [0.717, 1.165) is 9.13 Å². The van der Waals surface area contributed by atoms with E-state index in [1.165, 1.54) is 12.5 Å². The SMILES string of the molecule is C[C@@H](OCc1ccc(I)cc1)C(=O)O.C[C@H]([NH3+])c1ccccc1. The summed E-state index contributed by atoms with van der Waals surface area (Å²) in [5.41, 5.74) is 6.20. The zero-order chi connectivity index (χ0) is 17.2. The topological polar surface area (TPSA) is 74.2 Å². The van der Waals surface area contributed by atoms with E-state index in [2.05, 4.69) is 47.4 Å². The van der Waals surface area contributed by atoms with Gasteiger partial charge in [-0.1, -0.05) is 42.5 Å². The minimum Gasteiger partial charge on any atom is -0.479 e. The van der Waals surface area contributed by atoms with E-state index in [-0.39, 0.29) is 0 Å². The number of hydrogen-bond donors (Lipinski definition) is 2. The van der Waals surface area contributed by atoms with Crippen LogP contribution in [0.5, 0.6) is 0 Å². The first-order valence-electron chi connectivity index (χ1n) is 7.37. The molecule has 0 spiro atoms. The summed E-state index contributed by atoms with van der Waals surface area (Å²) in [5.74, 6) is -0.935. The van der Waals surface area contributed by atoms with Crippen molar-refractivity contribution in [2.75, 3.05) is 0 Å². The Kier molecular flexibility index (Phi) is 8.83. The summed E-state index contributed by atoms with van der Waals surface area (Å²) in [5, 5.41) is 8.58. The Hall–Kier alpha value is -1.44. The maximum absolute atomic E-state index is 10.4. The van der Waals surface area contributed by atoms with E-state index in [0.29, 0.717) is 12.6 Å². The Morgan fingerprint density at radius 3 is 2.13 bits per heavy atom. The van der Waals surface area contributed by atoms with Crippen LogP contribution in [0, 0.1) is 3.57 Å². The van der Waals surface area contributed by atoms with Crippen LogP contribution >= 0.6 is 22.6 Å². The molecule has 0 aromatic heterocycles. The summed E-state index contributed by atoms with van der Waals surface area (Å²) in [6.07, 6.45) is -0.755. The predicted octanol–water partition coefficient (Wildman–Crippen LogP) is 3.27. The lowest BCUT2D eigenvalue weighted by molar-refractivity contribution is -0.420. The van der Waals surface area contributed by atoms with Crippen LogP contribution in [0.15, 0.2) is 54.6 Å². The van der Waals surface area contributed by atoms with Crippen LogP contribution in [0.25, 0.3) is 0 Å². The maximum Gasteiger partial charge on any atom is 0.332 e. The average Bonchev–Trinajstić information content (AvgIpc) is 2.55. The summed E-state index contributed by atoms with van der Waals surface area (Å²) in [6.45, 7) is 3.95. The fourth-order valence-corrected chi connectivity index (χ4v) is 2.01. The predicted molar refractivity (Wildman–Crippen MR) is 98.8 cm³/mol. The van der Waals surface area contributed by atoms with Gasteiger partial charge in [-0.25, -0.2) is 4.79 Å². The van der Waals surface area contributed by atoms with E-state index >= 15 is 0 Å². The van der Waals surface area contributed by atoms with Crippen LogP contribution in [-0.4, -0.2) is 17.2 Å². The summed E-state index contributed by atoms with van der Waals surface area (Å²) in [6, 6.07) is 18.5. The number of carboxylic acids is 1. The third kappa shape index (κ3) is 8.11. The fourth-order valence-electron chi connectivity index (χ4n) is 1.65. The van der Waals surface area contributed by atoms with Gasteiger partial charge < -0.3 is 15.6 Å². The zero-order valence-corrected chi connectivity index (χ0v) is 15.6. The lowest BCUT2D eigenvalue weighted by Gasteiger charge is -2.08. The molecule has 0 aliphatic carbocycles. The second-order valence-corrected chi connectivity index (χ2v) is 6.48. The molecule has 0 fully saturated rings. The number of hydrogen-bond acceptors (Lipinski definition) is 2. The minimum absolute atomic E-state index is 0.338. The number of aliphatic carboxylic acids is 1. The van der Waals surface area contributed by atoms with Gasteiger partial charge in [-0.3, -0.25) is 0 Å². The molecule has 0 aliphatic rings. The quantitative estimate of drug-likeness (QED) is 0.718. The third-order valence-corrected chi connectivity index (χ3v) is 3.85. The molecule has 0 bridgehead atoms. The average molecular weight is 428 g/mol. The Balaban J connectivity index is 0.000000253. The van der Waals surface area contributed by atoms with Crippen LogP contribution in [0.1, 0.15) is 31.0 Å². The summed E-state index contributed by atoms with van der Waals surface area (Å²) >= 11 is 2.21. The van der Waals surface area contributed by atoms with Gasteiger partial charge in [0.05, 0.1) is 6.61 Å². The Bertz CT molecular complexity index is 585. The zero-order valence-electron chi connectivity index (χ0n) is 13.4. The standard InChI is InChI=1S/C10H11IO3.C8H11N/c1-7(10(12)13)14-6-8-2-4-9(11)5-3-8;1-7(9)8-5-3-2-4-6-8/h2-5,7H,6H2,1H3,(H,12,13);2-7H,9H2,1H3/p+1/t2*7-/m10/s1. The van der Waals surface area contributed by atoms with Gasteiger partial charge in [0.25, 0.3) is 0 Å². The number of halogens is 1. The van der Waals surface area contributed by atoms with Crippen molar-refractivity contribution in [3.05, 3.63) is 69.3 Å². The van der Waals surface area contributed by atoms with Gasteiger partial charge in [0, 0.05) is 9.13 Å². The maximum atomic E-state index is 10.4. The molecule has 0 saturated carbocycles. The Labute approximate surface area is 150 Å². The van der Waals surface area contributed by atoms with Gasteiger partial charge in [-0.15, -0.1) is 0 Å². The summed E-state index contributed by atoms with van der Waals surface area (Å²) in [4.78, 5) is 10.4. The van der Waals surface area contributed by atoms with Gasteiger partial charge >= 0.3 is 5.97 Å². The second-order valence-electron chi connectivity index (χ2n) is 5.23. The first-order valence-corrected chi connectivity index (χ1v) is 8.45. The Morgan fingerprint density at radius 2 is 1.70 bits per heavy atom. The lowest BCUT2D eigenvalue weighted by Crippen LogP contribution is -2.51. The molecule has 2 rings (SSSR count). The molecule has 4 nitrogen and oxygen atoms in total. The van der Waals surface area contributed by atoms with Crippen LogP contribution < -0.4 is 5.73 Å². The molecule has 124 valence electrons. The molecular weight excluding hydrogens is 405 g/mol. The fraction of sp³-hybridized carbons (Fsp3) is 0.278. The normalized spacial score (nSPS) is 12.7. The monoisotopic (exact) mass is 428 g/mol. The molecule has 0 heterocycles. The largest absolute Gasteiger partial charge is 0.479 e. The number of quaternary nitrogens is 1. The number of ether oxygens (including phenoxy) is 1. The van der Waals surface area contributed by atoms with E-state index in [1.807, 2.05) is 42.5 Å². The van der Waals surface area contributed by atoms with Gasteiger partial charge in [-0.05, 0) is 54.1 Å². The lowest BCUT2D eigenvalue weighted by atomic mass is 10.1. The minimum atomic E-state index is -0.935. The number of benzene rings is 2. The summed E-state index contributed by atoms with van der Waals surface area (Å²) in [7, 11) is 0. The van der Waals surface area contributed by atoms with Crippen LogP contribution in [-0.2, 0) is 16.1 Å². The van der Waals surface area contributed by atoms with Crippen molar-refractivity contribution in [3.8, 4) is 0 Å². The molecule has 4 N–H and O–H groups in total. The second kappa shape index (κ2) is 10.4. The van der Waals surface area contributed by atoms with Crippen molar-refractivity contribution in [2.45, 2.75) is 32.6 Å². The molecule has 0 aliphatic heterocycles. The number of rotatable bonds is 5. The molecule has 2 aromatic carbocycles. The van der Waals surface area contributed by atoms with Crippen molar-refractivity contribution < 1.29 is 20.4 Å². The van der Waals surface area contributed by atoms with Crippen molar-refractivity contribution in [3.63, 3.8) is 0 Å². The van der Waals surface area contributed by atoms with E-state index in [1.54, 1.807) is 0 Å². The highest BCUT2D eigenvalue weighted by atomic mass is 127. The molecule has 5 heteroatoms. The van der Waals surface area contributed by atoms with Gasteiger partial charge in [0.15, 0.2) is 6.10 Å². The highest BCUT2D eigenvalue weighted by molar-refractivity contribution is 14.1. The molecule has 0 radical (unpaired) electrons. The Morgan fingerprint density at radius 1 is 1.13 bits per heavy atom. The van der Waals surface area contributed by atoms with E-state index in [9.17, 15) is 4.79 Å². The van der Waals surface area contributed by atoms with E-state index in [4.69, 9.17) is 9.84 Å². The van der Waals surface area contributed by atoms with Crippen molar-refractivity contribution in [1.82, 2.24) is 0 Å². The van der Waals surface area contributed by atoms with Crippen molar-refractivity contribution in [2.24, 2.45) is 0 Å². The summed E-state index contributed by atoms with van der Waals surface area (Å²) < 4.78 is 6.28. The third-order valence-electron chi connectivity index (χ3n) is 3.13.